The van der Waals surface area contributed by atoms with Gasteiger partial charge in [0.25, 0.3) is 5.91 Å². The quantitative estimate of drug-likeness (QED) is 0.374. The average molecular weight is 554 g/mol. The molecule has 2 amide bonds. The fraction of sp³-hybridized carbons (Fsp3) is 0.387. The molecule has 0 bridgehead atoms. The first-order valence-electron chi connectivity index (χ1n) is 14.3. The van der Waals surface area contributed by atoms with Crippen LogP contribution in [0.15, 0.2) is 48.5 Å². The topological polar surface area (TPSA) is 95.7 Å². The summed E-state index contributed by atoms with van der Waals surface area (Å²) in [5, 5.41) is 7.40. The van der Waals surface area contributed by atoms with Crippen LogP contribution in [0.1, 0.15) is 65.5 Å². The smallest absolute Gasteiger partial charge is 0.273 e. The van der Waals surface area contributed by atoms with E-state index in [9.17, 15) is 9.59 Å². The lowest BCUT2D eigenvalue weighted by atomic mass is 9.93. The van der Waals surface area contributed by atoms with E-state index in [0.29, 0.717) is 54.8 Å². The molecule has 0 spiro atoms. The third-order valence-electron chi connectivity index (χ3n) is 8.76. The van der Waals surface area contributed by atoms with Gasteiger partial charge in [0.2, 0.25) is 11.9 Å². The van der Waals surface area contributed by atoms with Crippen molar-refractivity contribution in [3.63, 3.8) is 0 Å². The molecule has 2 atom stereocenters. The number of amides is 2. The van der Waals surface area contributed by atoms with Gasteiger partial charge in [0.1, 0.15) is 11.5 Å². The molecule has 2 aliphatic heterocycles. The van der Waals surface area contributed by atoms with Crippen LogP contribution in [0, 0.1) is 11.9 Å². The standard InChI is InChI=1S/C31H32FN7O2/c1-18-22-6-4-3-5-19(22)12-14-38(18)31(41)25-15-26(20-7-8-20)39-28(34-25)16-24(36-39)23-9-10-27(35-29(23)32)37-13-11-21(17-37)30(40)33-2/h3-6,9-10,15-16,18,20-21H,7-8,11-14,17H2,1-2H3,(H,33,40)/t18-,21?/m1/s1. The number of benzene rings is 1. The molecule has 5 heterocycles. The van der Waals surface area contributed by atoms with Crippen molar-refractivity contribution < 1.29 is 14.0 Å². The number of pyridine rings is 1. The summed E-state index contributed by atoms with van der Waals surface area (Å²) in [6.45, 7) is 3.85. The second-order valence-corrected chi connectivity index (χ2v) is 11.3. The Morgan fingerprint density at radius 2 is 1.85 bits per heavy atom. The molecule has 7 rings (SSSR count). The van der Waals surface area contributed by atoms with Crippen LogP contribution in [0.3, 0.4) is 0 Å². The molecular formula is C31H32FN7O2. The highest BCUT2D eigenvalue weighted by atomic mass is 19.1. The minimum Gasteiger partial charge on any atom is -0.359 e. The molecule has 3 aromatic heterocycles. The van der Waals surface area contributed by atoms with Gasteiger partial charge in [-0.05, 0) is 61.9 Å². The van der Waals surface area contributed by atoms with Gasteiger partial charge in [-0.15, -0.1) is 0 Å². The first-order valence-corrected chi connectivity index (χ1v) is 14.3. The molecule has 1 unspecified atom stereocenters. The summed E-state index contributed by atoms with van der Waals surface area (Å²) in [5.74, 6) is -0.0621. The van der Waals surface area contributed by atoms with Crippen molar-refractivity contribution in [3.8, 4) is 11.3 Å². The number of nitrogens with zero attached hydrogens (tertiary/aromatic N) is 6. The summed E-state index contributed by atoms with van der Waals surface area (Å²) < 4.78 is 17.1. The molecule has 1 aromatic carbocycles. The van der Waals surface area contributed by atoms with Crippen LogP contribution >= 0.6 is 0 Å². The van der Waals surface area contributed by atoms with E-state index in [4.69, 9.17) is 10.1 Å². The highest BCUT2D eigenvalue weighted by molar-refractivity contribution is 5.93. The maximum atomic E-state index is 15.4. The molecule has 10 heteroatoms. The van der Waals surface area contributed by atoms with Crippen molar-refractivity contribution >= 4 is 23.3 Å². The Balaban J connectivity index is 1.19. The van der Waals surface area contributed by atoms with Gasteiger partial charge in [-0.25, -0.2) is 14.5 Å². The van der Waals surface area contributed by atoms with Gasteiger partial charge in [-0.3, -0.25) is 9.59 Å². The molecular weight excluding hydrogens is 521 g/mol. The summed E-state index contributed by atoms with van der Waals surface area (Å²) >= 11 is 0. The SMILES string of the molecule is CNC(=O)C1CCN(c2ccc(-c3cc4nc(C(=O)N5CCc6ccccc6[C@H]5C)cc(C5CC5)n4n3)c(F)n2)C1. The van der Waals surface area contributed by atoms with E-state index in [-0.39, 0.29) is 29.3 Å². The van der Waals surface area contributed by atoms with Gasteiger partial charge in [-0.1, -0.05) is 24.3 Å². The molecule has 0 radical (unpaired) electrons. The van der Waals surface area contributed by atoms with Crippen molar-refractivity contribution in [3.05, 3.63) is 77.0 Å². The lowest BCUT2D eigenvalue weighted by Gasteiger charge is -2.35. The third kappa shape index (κ3) is 4.51. The summed E-state index contributed by atoms with van der Waals surface area (Å²) in [6, 6.07) is 15.3. The minimum atomic E-state index is -0.626. The van der Waals surface area contributed by atoms with E-state index in [2.05, 4.69) is 29.4 Å². The Kier molecular flexibility index (Phi) is 6.21. The molecule has 1 saturated carbocycles. The van der Waals surface area contributed by atoms with E-state index in [0.717, 1.165) is 25.0 Å². The van der Waals surface area contributed by atoms with Crippen LogP contribution in [-0.4, -0.2) is 63.0 Å². The molecule has 1 N–H and O–H groups in total. The molecule has 1 saturated heterocycles. The van der Waals surface area contributed by atoms with Crippen molar-refractivity contribution in [1.29, 1.82) is 0 Å². The number of fused-ring (bicyclic) bond motifs is 2. The fourth-order valence-corrected chi connectivity index (χ4v) is 6.28. The Bertz CT molecular complexity index is 1680. The molecule has 9 nitrogen and oxygen atoms in total. The Hall–Kier alpha value is -4.34. The van der Waals surface area contributed by atoms with Crippen LogP contribution in [0.25, 0.3) is 16.9 Å². The van der Waals surface area contributed by atoms with Gasteiger partial charge in [0.15, 0.2) is 5.65 Å². The van der Waals surface area contributed by atoms with Gasteiger partial charge in [0.05, 0.1) is 23.2 Å². The van der Waals surface area contributed by atoms with Crippen LogP contribution in [-0.2, 0) is 11.2 Å². The molecule has 1 aliphatic carbocycles. The van der Waals surface area contributed by atoms with Crippen LogP contribution in [0.2, 0.25) is 0 Å². The van der Waals surface area contributed by atoms with Crippen molar-refractivity contribution in [2.24, 2.45) is 5.92 Å². The number of rotatable bonds is 5. The predicted octanol–water partition coefficient (Wildman–Crippen LogP) is 4.14. The summed E-state index contributed by atoms with van der Waals surface area (Å²) in [4.78, 5) is 38.6. The number of aromatic nitrogens is 4. The van der Waals surface area contributed by atoms with Crippen molar-refractivity contribution in [2.75, 3.05) is 31.6 Å². The fourth-order valence-electron chi connectivity index (χ4n) is 6.28. The van der Waals surface area contributed by atoms with Crippen molar-refractivity contribution in [2.45, 2.75) is 44.6 Å². The second kappa shape index (κ2) is 9.94. The monoisotopic (exact) mass is 553 g/mol. The zero-order chi connectivity index (χ0) is 28.2. The average Bonchev–Trinajstić information content (AvgIpc) is 3.55. The maximum absolute atomic E-state index is 15.4. The van der Waals surface area contributed by atoms with E-state index in [1.165, 1.54) is 11.1 Å². The van der Waals surface area contributed by atoms with Crippen molar-refractivity contribution in [1.82, 2.24) is 29.8 Å². The van der Waals surface area contributed by atoms with E-state index in [1.54, 1.807) is 29.8 Å². The molecule has 2 fully saturated rings. The summed E-state index contributed by atoms with van der Waals surface area (Å²) in [7, 11) is 1.63. The highest BCUT2D eigenvalue weighted by Crippen LogP contribution is 2.41. The molecule has 41 heavy (non-hydrogen) atoms. The van der Waals surface area contributed by atoms with Gasteiger partial charge in [-0.2, -0.15) is 9.49 Å². The highest BCUT2D eigenvalue weighted by Gasteiger charge is 2.33. The third-order valence-corrected chi connectivity index (χ3v) is 8.76. The van der Waals surface area contributed by atoms with E-state index in [1.807, 2.05) is 28.0 Å². The van der Waals surface area contributed by atoms with Gasteiger partial charge < -0.3 is 15.1 Å². The largest absolute Gasteiger partial charge is 0.359 e. The number of carbonyl (C=O) groups is 2. The number of halogens is 1. The number of hydrogen-bond donors (Lipinski definition) is 1. The second-order valence-electron chi connectivity index (χ2n) is 11.3. The predicted molar refractivity (Wildman–Crippen MR) is 152 cm³/mol. The minimum absolute atomic E-state index is 0.00864. The van der Waals surface area contributed by atoms with Crippen LogP contribution in [0.4, 0.5) is 10.2 Å². The van der Waals surface area contributed by atoms with Gasteiger partial charge >= 0.3 is 0 Å². The lowest BCUT2D eigenvalue weighted by molar-refractivity contribution is -0.123. The Labute approximate surface area is 237 Å². The first-order chi connectivity index (χ1) is 19.9. The normalized spacial score (nSPS) is 20.4. The number of nitrogens with one attached hydrogen (secondary N) is 1. The first kappa shape index (κ1) is 25.6. The summed E-state index contributed by atoms with van der Waals surface area (Å²) in [5.41, 5.74) is 5.00. The Morgan fingerprint density at radius 3 is 2.63 bits per heavy atom. The van der Waals surface area contributed by atoms with Crippen LogP contribution < -0.4 is 10.2 Å². The number of carbonyl (C=O) groups excluding carboxylic acids is 2. The maximum Gasteiger partial charge on any atom is 0.273 e. The summed E-state index contributed by atoms with van der Waals surface area (Å²) in [6.07, 6.45) is 3.56. The van der Waals surface area contributed by atoms with E-state index < -0.39 is 5.95 Å². The van der Waals surface area contributed by atoms with Gasteiger partial charge in [0, 0.05) is 44.4 Å². The zero-order valence-corrected chi connectivity index (χ0v) is 23.2. The Morgan fingerprint density at radius 1 is 1.02 bits per heavy atom. The van der Waals surface area contributed by atoms with Crippen LogP contribution in [0.5, 0.6) is 0 Å². The lowest BCUT2D eigenvalue weighted by Crippen LogP contribution is -2.39. The van der Waals surface area contributed by atoms with E-state index >= 15 is 4.39 Å². The zero-order valence-electron chi connectivity index (χ0n) is 23.2. The molecule has 3 aliphatic rings. The molecule has 210 valence electrons. The number of hydrogen-bond acceptors (Lipinski definition) is 6. The number of anilines is 1. The molecule has 4 aromatic rings.